The minimum Gasteiger partial charge on any atom is -0.381 e. The van der Waals surface area contributed by atoms with E-state index in [2.05, 4.69) is 18.7 Å². The molecular formula is C12H23NO. The molecule has 0 amide bonds. The maximum atomic E-state index is 5.40. The van der Waals surface area contributed by atoms with E-state index in [4.69, 9.17) is 4.74 Å². The standard InChI is InChI=1S/C12H23NO/c1-12(2)5-7-13(8-6-12)11-3-9-14-10-4-11/h11H,3-10H2,1-2H3. The lowest BCUT2D eigenvalue weighted by Crippen LogP contribution is -2.45. The highest BCUT2D eigenvalue weighted by atomic mass is 16.5. The molecule has 0 saturated carbocycles. The first kappa shape index (κ1) is 10.4. The van der Waals surface area contributed by atoms with Crippen molar-refractivity contribution in [3.8, 4) is 0 Å². The Bertz CT molecular complexity index is 175. The topological polar surface area (TPSA) is 12.5 Å². The molecular weight excluding hydrogens is 174 g/mol. The van der Waals surface area contributed by atoms with Gasteiger partial charge in [0.2, 0.25) is 0 Å². The van der Waals surface area contributed by atoms with Crippen LogP contribution < -0.4 is 0 Å². The maximum absolute atomic E-state index is 5.40. The van der Waals surface area contributed by atoms with Crippen LogP contribution in [0.3, 0.4) is 0 Å². The molecule has 2 fully saturated rings. The Kier molecular flexibility index (Phi) is 3.13. The van der Waals surface area contributed by atoms with E-state index in [0.717, 1.165) is 19.3 Å². The van der Waals surface area contributed by atoms with Crippen molar-refractivity contribution in [2.45, 2.75) is 45.6 Å². The van der Waals surface area contributed by atoms with Crippen molar-refractivity contribution in [2.75, 3.05) is 26.3 Å². The fourth-order valence-corrected chi connectivity index (χ4v) is 2.54. The summed E-state index contributed by atoms with van der Waals surface area (Å²) in [6.07, 6.45) is 5.23. The van der Waals surface area contributed by atoms with Gasteiger partial charge in [-0.15, -0.1) is 0 Å². The van der Waals surface area contributed by atoms with Gasteiger partial charge in [0, 0.05) is 19.3 Å². The van der Waals surface area contributed by atoms with Crippen LogP contribution in [0.25, 0.3) is 0 Å². The second kappa shape index (κ2) is 4.19. The van der Waals surface area contributed by atoms with E-state index < -0.39 is 0 Å². The van der Waals surface area contributed by atoms with Crippen LogP contribution >= 0.6 is 0 Å². The van der Waals surface area contributed by atoms with Gasteiger partial charge >= 0.3 is 0 Å². The molecule has 2 heteroatoms. The van der Waals surface area contributed by atoms with Crippen molar-refractivity contribution >= 4 is 0 Å². The lowest BCUT2D eigenvalue weighted by molar-refractivity contribution is 0.0117. The zero-order valence-electron chi connectivity index (χ0n) is 9.59. The van der Waals surface area contributed by atoms with E-state index in [1.807, 2.05) is 0 Å². The van der Waals surface area contributed by atoms with Gasteiger partial charge in [0.1, 0.15) is 0 Å². The van der Waals surface area contributed by atoms with Crippen molar-refractivity contribution in [3.05, 3.63) is 0 Å². The Morgan fingerprint density at radius 1 is 1.07 bits per heavy atom. The second-order valence-corrected chi connectivity index (χ2v) is 5.54. The second-order valence-electron chi connectivity index (χ2n) is 5.54. The zero-order valence-corrected chi connectivity index (χ0v) is 9.59. The van der Waals surface area contributed by atoms with Crippen molar-refractivity contribution < 1.29 is 4.74 Å². The minimum absolute atomic E-state index is 0.585. The third kappa shape index (κ3) is 2.48. The van der Waals surface area contributed by atoms with Crippen LogP contribution in [0.1, 0.15) is 39.5 Å². The van der Waals surface area contributed by atoms with E-state index in [1.54, 1.807) is 0 Å². The molecule has 0 unspecified atom stereocenters. The Balaban J connectivity index is 1.82. The van der Waals surface area contributed by atoms with E-state index in [-0.39, 0.29) is 0 Å². The molecule has 2 rings (SSSR count). The normalized spacial score (nSPS) is 30.4. The highest BCUT2D eigenvalue weighted by molar-refractivity contribution is 4.83. The van der Waals surface area contributed by atoms with Crippen LogP contribution in [-0.4, -0.2) is 37.2 Å². The first-order valence-electron chi connectivity index (χ1n) is 5.99. The average molecular weight is 197 g/mol. The summed E-state index contributed by atoms with van der Waals surface area (Å²) in [5.74, 6) is 0. The molecule has 0 aliphatic carbocycles. The van der Waals surface area contributed by atoms with Crippen LogP contribution in [0.15, 0.2) is 0 Å². The third-order valence-corrected chi connectivity index (χ3v) is 3.86. The average Bonchev–Trinajstić information content (AvgIpc) is 2.19. The molecule has 2 saturated heterocycles. The smallest absolute Gasteiger partial charge is 0.0480 e. The molecule has 0 radical (unpaired) electrons. The molecule has 2 aliphatic rings. The van der Waals surface area contributed by atoms with Gasteiger partial charge in [0.05, 0.1) is 0 Å². The Labute approximate surface area is 87.6 Å². The molecule has 14 heavy (non-hydrogen) atoms. The van der Waals surface area contributed by atoms with E-state index in [0.29, 0.717) is 5.41 Å². The van der Waals surface area contributed by atoms with Crippen LogP contribution in [0, 0.1) is 5.41 Å². The summed E-state index contributed by atoms with van der Waals surface area (Å²) >= 11 is 0. The third-order valence-electron chi connectivity index (χ3n) is 3.86. The largest absolute Gasteiger partial charge is 0.381 e. The van der Waals surface area contributed by atoms with E-state index >= 15 is 0 Å². The lowest BCUT2D eigenvalue weighted by Gasteiger charge is -2.42. The fourth-order valence-electron chi connectivity index (χ4n) is 2.54. The van der Waals surface area contributed by atoms with Crippen molar-refractivity contribution in [1.82, 2.24) is 4.90 Å². The van der Waals surface area contributed by atoms with Gasteiger partial charge in [-0.25, -0.2) is 0 Å². The number of likely N-dealkylation sites (tertiary alicyclic amines) is 1. The monoisotopic (exact) mass is 197 g/mol. The van der Waals surface area contributed by atoms with Crippen LogP contribution in [0.2, 0.25) is 0 Å². The molecule has 0 aromatic carbocycles. The molecule has 82 valence electrons. The first-order valence-corrected chi connectivity index (χ1v) is 5.99. The Morgan fingerprint density at radius 2 is 1.64 bits per heavy atom. The lowest BCUT2D eigenvalue weighted by atomic mass is 9.82. The highest BCUT2D eigenvalue weighted by Crippen LogP contribution is 2.31. The SMILES string of the molecule is CC1(C)CCN(C2CCOCC2)CC1. The van der Waals surface area contributed by atoms with Crippen molar-refractivity contribution in [1.29, 1.82) is 0 Å². The Hall–Kier alpha value is -0.0800. The maximum Gasteiger partial charge on any atom is 0.0480 e. The molecule has 0 atom stereocenters. The number of nitrogens with zero attached hydrogens (tertiary/aromatic N) is 1. The molecule has 2 heterocycles. The zero-order chi connectivity index (χ0) is 10.0. The van der Waals surface area contributed by atoms with Gasteiger partial charge in [0.15, 0.2) is 0 Å². The van der Waals surface area contributed by atoms with Crippen LogP contribution in [0.4, 0.5) is 0 Å². The number of piperidine rings is 1. The van der Waals surface area contributed by atoms with E-state index in [9.17, 15) is 0 Å². The fraction of sp³-hybridized carbons (Fsp3) is 1.00. The first-order chi connectivity index (χ1) is 6.67. The van der Waals surface area contributed by atoms with Gasteiger partial charge in [-0.1, -0.05) is 13.8 Å². The molecule has 2 nitrogen and oxygen atoms in total. The van der Waals surface area contributed by atoms with Gasteiger partial charge in [0.25, 0.3) is 0 Å². The molecule has 0 bridgehead atoms. The molecule has 0 aromatic heterocycles. The molecule has 0 aromatic rings. The molecule has 0 spiro atoms. The van der Waals surface area contributed by atoms with Crippen molar-refractivity contribution in [2.24, 2.45) is 5.41 Å². The summed E-state index contributed by atoms with van der Waals surface area (Å²) in [5, 5.41) is 0. The summed E-state index contributed by atoms with van der Waals surface area (Å²) in [5.41, 5.74) is 0.585. The summed E-state index contributed by atoms with van der Waals surface area (Å²) in [6.45, 7) is 9.35. The summed E-state index contributed by atoms with van der Waals surface area (Å²) < 4.78 is 5.40. The van der Waals surface area contributed by atoms with Gasteiger partial charge in [-0.05, 0) is 44.2 Å². The van der Waals surface area contributed by atoms with Crippen molar-refractivity contribution in [3.63, 3.8) is 0 Å². The number of hydrogen-bond acceptors (Lipinski definition) is 2. The Morgan fingerprint density at radius 3 is 2.21 bits per heavy atom. The molecule has 2 aliphatic heterocycles. The van der Waals surface area contributed by atoms with Crippen LogP contribution in [-0.2, 0) is 4.74 Å². The van der Waals surface area contributed by atoms with Gasteiger partial charge < -0.3 is 9.64 Å². The van der Waals surface area contributed by atoms with Gasteiger partial charge in [-0.3, -0.25) is 0 Å². The molecule has 0 N–H and O–H groups in total. The number of hydrogen-bond donors (Lipinski definition) is 0. The highest BCUT2D eigenvalue weighted by Gasteiger charge is 2.29. The van der Waals surface area contributed by atoms with Crippen LogP contribution in [0.5, 0.6) is 0 Å². The predicted octanol–water partition coefficient (Wildman–Crippen LogP) is 2.29. The quantitative estimate of drug-likeness (QED) is 0.639. The summed E-state index contributed by atoms with van der Waals surface area (Å²) in [6, 6.07) is 0.819. The summed E-state index contributed by atoms with van der Waals surface area (Å²) in [4.78, 5) is 2.69. The predicted molar refractivity (Wildman–Crippen MR) is 58.4 cm³/mol. The number of rotatable bonds is 1. The summed E-state index contributed by atoms with van der Waals surface area (Å²) in [7, 11) is 0. The van der Waals surface area contributed by atoms with Gasteiger partial charge in [-0.2, -0.15) is 0 Å². The number of ether oxygens (including phenoxy) is 1. The minimum atomic E-state index is 0.585. The van der Waals surface area contributed by atoms with E-state index in [1.165, 1.54) is 38.8 Å².